The van der Waals surface area contributed by atoms with E-state index in [2.05, 4.69) is 10.1 Å². The molecule has 6 heteroatoms. The molecule has 0 fully saturated rings. The number of nitrogens with zero attached hydrogens (tertiary/aromatic N) is 2. The number of carboxylic acids is 1. The summed E-state index contributed by atoms with van der Waals surface area (Å²) >= 11 is 0. The molecule has 72 valence electrons. The lowest BCUT2D eigenvalue weighted by Gasteiger charge is -2.04. The van der Waals surface area contributed by atoms with Gasteiger partial charge < -0.3 is 16.0 Å². The number of carboxylic acid groups (broad SMARTS) is 1. The molecule has 0 heterocycles. The predicted molar refractivity (Wildman–Crippen MR) is 46.2 cm³/mol. The van der Waals surface area contributed by atoms with Crippen LogP contribution in [-0.2, 0) is 9.59 Å². The quantitative estimate of drug-likeness (QED) is 0.339. The van der Waals surface area contributed by atoms with E-state index in [4.69, 9.17) is 10.6 Å². The van der Waals surface area contributed by atoms with Crippen LogP contribution in [0.1, 0.15) is 6.42 Å². The average molecular weight is 193 g/mol. The molecule has 0 aromatic heterocycles. The molecule has 1 rings (SSSR count). The zero-order valence-corrected chi connectivity index (χ0v) is 7.10. The lowest BCUT2D eigenvalue weighted by molar-refractivity contribution is -0.149. The van der Waals surface area contributed by atoms with Gasteiger partial charge in [-0.25, -0.2) is 4.79 Å². The van der Waals surface area contributed by atoms with Crippen LogP contribution in [0.15, 0.2) is 23.9 Å². The Bertz CT molecular complexity index is 389. The summed E-state index contributed by atoms with van der Waals surface area (Å²) in [4.78, 5) is 23.8. The molecule has 0 bridgehead atoms. The topological polar surface area (TPSA) is 103 Å². The number of hydrogen-bond acceptors (Lipinski definition) is 2. The highest BCUT2D eigenvalue weighted by atomic mass is 16.4. The summed E-state index contributed by atoms with van der Waals surface area (Å²) < 4.78 is 0. The Morgan fingerprint density at radius 1 is 1.50 bits per heavy atom. The second-order valence-corrected chi connectivity index (χ2v) is 2.55. The van der Waals surface area contributed by atoms with Gasteiger partial charge in [-0.2, -0.15) is 4.79 Å². The van der Waals surface area contributed by atoms with Crippen LogP contribution in [-0.4, -0.2) is 27.5 Å². The smallest absolute Gasteiger partial charge is 0.394 e. The molecule has 0 unspecified atom stereocenters. The van der Waals surface area contributed by atoms with E-state index in [1.54, 1.807) is 6.08 Å². The third kappa shape index (κ3) is 2.40. The van der Waals surface area contributed by atoms with Crippen molar-refractivity contribution in [3.8, 4) is 0 Å². The number of allylic oxidation sites excluding steroid dienone is 3. The van der Waals surface area contributed by atoms with Crippen molar-refractivity contribution in [2.45, 2.75) is 6.42 Å². The Morgan fingerprint density at radius 2 is 2.21 bits per heavy atom. The van der Waals surface area contributed by atoms with Crippen LogP contribution in [0.25, 0.3) is 5.53 Å². The maximum absolute atomic E-state index is 10.7. The van der Waals surface area contributed by atoms with E-state index in [-0.39, 0.29) is 0 Å². The first kappa shape index (κ1) is 9.88. The van der Waals surface area contributed by atoms with E-state index in [1.807, 2.05) is 0 Å². The Labute approximate surface area is 79.2 Å². The van der Waals surface area contributed by atoms with Crippen molar-refractivity contribution in [3.05, 3.63) is 29.5 Å². The molecule has 6 nitrogen and oxygen atoms in total. The Balaban J connectivity index is 2.63. The van der Waals surface area contributed by atoms with Crippen molar-refractivity contribution in [2.24, 2.45) is 0 Å². The minimum absolute atomic E-state index is 0.349. The SMILES string of the molecule is [N-]=[N+]=C1C=CC(NC(=O)C(=O)O)=CC1. The van der Waals surface area contributed by atoms with Crippen LogP contribution in [0.2, 0.25) is 0 Å². The molecule has 1 amide bonds. The van der Waals surface area contributed by atoms with Gasteiger partial charge in [-0.1, -0.05) is 0 Å². The first-order valence-corrected chi connectivity index (χ1v) is 3.77. The van der Waals surface area contributed by atoms with Crippen LogP contribution in [0.5, 0.6) is 0 Å². The van der Waals surface area contributed by atoms with Crippen molar-refractivity contribution >= 4 is 17.6 Å². The van der Waals surface area contributed by atoms with Gasteiger partial charge in [0.1, 0.15) is 0 Å². The van der Waals surface area contributed by atoms with Gasteiger partial charge in [0.05, 0.1) is 6.42 Å². The van der Waals surface area contributed by atoms with Gasteiger partial charge in [0.2, 0.25) is 0 Å². The van der Waals surface area contributed by atoms with Gasteiger partial charge in [-0.15, -0.1) is 0 Å². The fraction of sp³-hybridized carbons (Fsp3) is 0.125. The maximum atomic E-state index is 10.7. The van der Waals surface area contributed by atoms with Crippen molar-refractivity contribution in [1.82, 2.24) is 5.32 Å². The van der Waals surface area contributed by atoms with Crippen LogP contribution in [0.4, 0.5) is 0 Å². The number of carbonyl (C=O) groups excluding carboxylic acids is 1. The molecule has 14 heavy (non-hydrogen) atoms. The third-order valence-electron chi connectivity index (χ3n) is 1.57. The highest BCUT2D eigenvalue weighted by Gasteiger charge is 2.14. The monoisotopic (exact) mass is 193 g/mol. The Morgan fingerprint density at radius 3 is 2.64 bits per heavy atom. The van der Waals surface area contributed by atoms with Gasteiger partial charge in [-0.3, -0.25) is 4.79 Å². The van der Waals surface area contributed by atoms with Gasteiger partial charge in [-0.05, 0) is 12.2 Å². The summed E-state index contributed by atoms with van der Waals surface area (Å²) in [5.74, 6) is -2.63. The first-order valence-electron chi connectivity index (χ1n) is 3.77. The summed E-state index contributed by atoms with van der Waals surface area (Å²) in [7, 11) is 0. The standard InChI is InChI=1S/C8H7N3O3/c9-11-6-3-1-5(2-4-6)10-7(12)8(13)14/h1-3H,4H2,(H,10,12)(H,13,14). The minimum atomic E-state index is -1.54. The minimum Gasteiger partial charge on any atom is -0.474 e. The van der Waals surface area contributed by atoms with E-state index in [0.29, 0.717) is 17.8 Å². The molecule has 2 N–H and O–H groups in total. The van der Waals surface area contributed by atoms with E-state index >= 15 is 0 Å². The fourth-order valence-corrected chi connectivity index (χ4v) is 0.888. The highest BCUT2D eigenvalue weighted by Crippen LogP contribution is 2.03. The number of hydrogen-bond donors (Lipinski definition) is 2. The van der Waals surface area contributed by atoms with Gasteiger partial charge in [0.25, 0.3) is 5.71 Å². The Kier molecular flexibility index (Phi) is 2.93. The first-order chi connectivity index (χ1) is 6.63. The van der Waals surface area contributed by atoms with Crippen molar-refractivity contribution in [2.75, 3.05) is 0 Å². The lowest BCUT2D eigenvalue weighted by Crippen LogP contribution is -2.30. The van der Waals surface area contributed by atoms with Crippen molar-refractivity contribution in [3.63, 3.8) is 0 Å². The predicted octanol–water partition coefficient (Wildman–Crippen LogP) is -0.298. The van der Waals surface area contributed by atoms with Crippen molar-refractivity contribution in [1.29, 1.82) is 0 Å². The molecule has 1 aliphatic carbocycles. The van der Waals surface area contributed by atoms with Crippen LogP contribution >= 0.6 is 0 Å². The molecule has 0 aliphatic heterocycles. The van der Waals surface area contributed by atoms with Crippen LogP contribution in [0.3, 0.4) is 0 Å². The molecular formula is C8H7N3O3. The van der Waals surface area contributed by atoms with E-state index in [1.165, 1.54) is 12.2 Å². The number of rotatable bonds is 1. The summed E-state index contributed by atoms with van der Waals surface area (Å²) in [6, 6.07) is 0. The Hall–Kier alpha value is -2.20. The number of aliphatic carboxylic acids is 1. The second-order valence-electron chi connectivity index (χ2n) is 2.55. The summed E-state index contributed by atoms with van der Waals surface area (Å²) in [5.41, 5.74) is 9.20. The molecule has 1 aliphatic rings. The maximum Gasteiger partial charge on any atom is 0.394 e. The van der Waals surface area contributed by atoms with Gasteiger partial charge in [0.15, 0.2) is 0 Å². The largest absolute Gasteiger partial charge is 0.474 e. The fourth-order valence-electron chi connectivity index (χ4n) is 0.888. The molecule has 0 aromatic carbocycles. The second kappa shape index (κ2) is 4.15. The zero-order chi connectivity index (χ0) is 10.6. The number of carbonyl (C=O) groups is 2. The molecule has 0 atom stereocenters. The summed E-state index contributed by atoms with van der Waals surface area (Å²) in [5, 5.41) is 10.4. The normalized spacial score (nSPS) is 14.3. The molecule has 0 saturated heterocycles. The van der Waals surface area contributed by atoms with E-state index < -0.39 is 11.9 Å². The molecule has 0 aromatic rings. The van der Waals surface area contributed by atoms with Crippen LogP contribution < -0.4 is 5.32 Å². The van der Waals surface area contributed by atoms with Gasteiger partial charge >= 0.3 is 11.9 Å². The van der Waals surface area contributed by atoms with Crippen molar-refractivity contribution < 1.29 is 19.5 Å². The zero-order valence-electron chi connectivity index (χ0n) is 7.10. The molecular weight excluding hydrogens is 186 g/mol. The van der Waals surface area contributed by atoms with Crippen LogP contribution in [0, 0.1) is 0 Å². The molecule has 0 saturated carbocycles. The molecule has 0 radical (unpaired) electrons. The average Bonchev–Trinajstić information content (AvgIpc) is 2.19. The summed E-state index contributed by atoms with van der Waals surface area (Å²) in [6.45, 7) is 0. The summed E-state index contributed by atoms with van der Waals surface area (Å²) in [6.07, 6.45) is 4.84. The third-order valence-corrected chi connectivity index (χ3v) is 1.57. The highest BCUT2D eigenvalue weighted by molar-refractivity contribution is 6.32. The molecule has 0 spiro atoms. The van der Waals surface area contributed by atoms with E-state index in [0.717, 1.165) is 0 Å². The van der Waals surface area contributed by atoms with E-state index in [9.17, 15) is 9.59 Å². The van der Waals surface area contributed by atoms with Gasteiger partial charge in [0, 0.05) is 11.8 Å². The lowest BCUT2D eigenvalue weighted by atomic mass is 10.1. The number of nitrogens with one attached hydrogen (secondary N) is 1. The number of amides is 1.